The number of carbonyl (C=O) groups is 2. The molecule has 2 atom stereocenters. The van der Waals surface area contributed by atoms with Crippen molar-refractivity contribution in [1.82, 2.24) is 15.0 Å². The lowest BCUT2D eigenvalue weighted by atomic mass is 9.95. The average Bonchev–Trinajstić information content (AvgIpc) is 3.26. The third kappa shape index (κ3) is 3.68. The van der Waals surface area contributed by atoms with Crippen molar-refractivity contribution in [2.24, 2.45) is 11.7 Å². The third-order valence-corrected chi connectivity index (χ3v) is 4.70. The Hall–Kier alpha value is -2.90. The number of primary amides is 1. The molecule has 8 nitrogen and oxygen atoms in total. The van der Waals surface area contributed by atoms with Gasteiger partial charge >= 0.3 is 0 Å². The molecule has 0 radical (unpaired) electrons. The molecular weight excluding hydrogens is 336 g/mol. The van der Waals surface area contributed by atoms with Crippen LogP contribution >= 0.6 is 0 Å². The number of nitrogens with two attached hydrogens (primary N) is 1. The van der Waals surface area contributed by atoms with Crippen LogP contribution in [0.15, 0.2) is 28.8 Å². The number of rotatable bonds is 6. The molecule has 26 heavy (non-hydrogen) atoms. The van der Waals surface area contributed by atoms with E-state index in [1.54, 1.807) is 18.9 Å². The van der Waals surface area contributed by atoms with Gasteiger partial charge in [-0.15, -0.1) is 0 Å². The number of para-hydroxylation sites is 1. The van der Waals surface area contributed by atoms with Crippen LogP contribution in [0.3, 0.4) is 0 Å². The molecule has 2 heterocycles. The summed E-state index contributed by atoms with van der Waals surface area (Å²) in [5.74, 6) is 0.215. The fourth-order valence-corrected chi connectivity index (χ4v) is 3.32. The minimum absolute atomic E-state index is 0.0408. The molecule has 1 fully saturated rings. The van der Waals surface area contributed by atoms with Crippen LogP contribution in [0, 0.1) is 12.8 Å². The maximum absolute atomic E-state index is 12.6. The quantitative estimate of drug-likeness (QED) is 0.826. The molecule has 1 aliphatic heterocycles. The zero-order valence-electron chi connectivity index (χ0n) is 14.8. The second kappa shape index (κ2) is 7.55. The molecule has 0 aliphatic carbocycles. The Kier molecular flexibility index (Phi) is 5.20. The summed E-state index contributed by atoms with van der Waals surface area (Å²) in [6, 6.07) is 7.60. The second-order valence-corrected chi connectivity index (χ2v) is 6.41. The Balaban J connectivity index is 1.67. The number of methoxy groups -OCH3 is 1. The molecule has 1 aliphatic rings. The topological polar surface area (TPSA) is 112 Å². The van der Waals surface area contributed by atoms with Crippen LogP contribution in [0.1, 0.15) is 29.6 Å². The highest BCUT2D eigenvalue weighted by molar-refractivity contribution is 5.82. The summed E-state index contributed by atoms with van der Waals surface area (Å²) in [7, 11) is 1.61. The summed E-state index contributed by atoms with van der Waals surface area (Å²) in [6.07, 6.45) is 0.881. The summed E-state index contributed by atoms with van der Waals surface area (Å²) in [4.78, 5) is 30.3. The van der Waals surface area contributed by atoms with Gasteiger partial charge in [0.05, 0.1) is 18.9 Å². The Morgan fingerprint density at radius 1 is 1.35 bits per heavy atom. The van der Waals surface area contributed by atoms with Crippen molar-refractivity contribution in [2.45, 2.75) is 25.7 Å². The molecule has 3 rings (SSSR count). The van der Waals surface area contributed by atoms with Crippen molar-refractivity contribution in [2.75, 3.05) is 20.2 Å². The smallest absolute Gasteiger partial charge is 0.232 e. The molecule has 138 valence electrons. The number of aryl methyl sites for hydroxylation is 2. The summed E-state index contributed by atoms with van der Waals surface area (Å²) in [5.41, 5.74) is 6.48. The lowest BCUT2D eigenvalue weighted by Crippen LogP contribution is -2.32. The zero-order chi connectivity index (χ0) is 18.7. The van der Waals surface area contributed by atoms with Crippen molar-refractivity contribution >= 4 is 11.8 Å². The number of aromatic nitrogens is 2. The monoisotopic (exact) mass is 358 g/mol. The van der Waals surface area contributed by atoms with Crippen LogP contribution in [-0.4, -0.2) is 47.1 Å². The Morgan fingerprint density at radius 3 is 2.77 bits per heavy atom. The van der Waals surface area contributed by atoms with Gasteiger partial charge in [-0.25, -0.2) is 0 Å². The molecule has 2 aromatic rings. The lowest BCUT2D eigenvalue weighted by Gasteiger charge is -2.16. The summed E-state index contributed by atoms with van der Waals surface area (Å²) >= 11 is 0. The number of benzene rings is 1. The predicted molar refractivity (Wildman–Crippen MR) is 92.4 cm³/mol. The van der Waals surface area contributed by atoms with Gasteiger partial charge in [0.2, 0.25) is 17.7 Å². The standard InChI is InChI=1S/C18H22N4O4/c1-11-20-18(26-21-11)14-10-22(9-13(14)17(19)24)16(23)8-7-12-5-3-4-6-15(12)25-2/h3-6,13-14H,7-10H2,1-2H3,(H2,19,24). The van der Waals surface area contributed by atoms with Gasteiger partial charge in [0.25, 0.3) is 0 Å². The number of carbonyl (C=O) groups excluding carboxylic acids is 2. The van der Waals surface area contributed by atoms with Crippen molar-refractivity contribution in [1.29, 1.82) is 0 Å². The molecule has 2 unspecified atom stereocenters. The van der Waals surface area contributed by atoms with Gasteiger partial charge < -0.3 is 19.9 Å². The van der Waals surface area contributed by atoms with Crippen LogP contribution in [0.25, 0.3) is 0 Å². The van der Waals surface area contributed by atoms with Crippen LogP contribution in [-0.2, 0) is 16.0 Å². The van der Waals surface area contributed by atoms with E-state index in [1.165, 1.54) is 0 Å². The maximum atomic E-state index is 12.6. The third-order valence-electron chi connectivity index (χ3n) is 4.70. The van der Waals surface area contributed by atoms with Gasteiger partial charge in [0.15, 0.2) is 5.82 Å². The van der Waals surface area contributed by atoms with Crippen molar-refractivity contribution in [3.8, 4) is 5.75 Å². The van der Waals surface area contributed by atoms with Crippen molar-refractivity contribution in [3.05, 3.63) is 41.5 Å². The molecule has 2 N–H and O–H groups in total. The fourth-order valence-electron chi connectivity index (χ4n) is 3.32. The van der Waals surface area contributed by atoms with E-state index in [-0.39, 0.29) is 18.4 Å². The molecule has 0 saturated carbocycles. The van der Waals surface area contributed by atoms with Crippen molar-refractivity contribution < 1.29 is 18.8 Å². The molecule has 1 aromatic heterocycles. The number of amides is 2. The molecule has 0 bridgehead atoms. The molecule has 1 aromatic carbocycles. The first-order chi connectivity index (χ1) is 12.5. The first-order valence-electron chi connectivity index (χ1n) is 8.48. The van der Waals surface area contributed by atoms with Crippen LogP contribution in [0.5, 0.6) is 5.75 Å². The number of ether oxygens (including phenoxy) is 1. The number of hydrogen-bond acceptors (Lipinski definition) is 6. The molecule has 2 amide bonds. The molecular formula is C18H22N4O4. The first kappa shape index (κ1) is 17.9. The second-order valence-electron chi connectivity index (χ2n) is 6.41. The maximum Gasteiger partial charge on any atom is 0.232 e. The van der Waals surface area contributed by atoms with Crippen molar-refractivity contribution in [3.63, 3.8) is 0 Å². The minimum Gasteiger partial charge on any atom is -0.496 e. The van der Waals surface area contributed by atoms with E-state index in [4.69, 9.17) is 15.0 Å². The number of nitrogens with zero attached hydrogens (tertiary/aromatic N) is 3. The molecule has 1 saturated heterocycles. The fraction of sp³-hybridized carbons (Fsp3) is 0.444. The normalized spacial score (nSPS) is 19.5. The number of hydrogen-bond donors (Lipinski definition) is 1. The van der Waals surface area contributed by atoms with E-state index in [0.717, 1.165) is 11.3 Å². The van der Waals surface area contributed by atoms with Gasteiger partial charge in [-0.3, -0.25) is 9.59 Å². The van der Waals surface area contributed by atoms with E-state index in [0.29, 0.717) is 31.1 Å². The van der Waals surface area contributed by atoms with E-state index < -0.39 is 11.8 Å². The lowest BCUT2D eigenvalue weighted by molar-refractivity contribution is -0.130. The Labute approximate surface area is 151 Å². The van der Waals surface area contributed by atoms with Gasteiger partial charge in [-0.1, -0.05) is 23.4 Å². The van der Waals surface area contributed by atoms with Gasteiger partial charge in [0.1, 0.15) is 5.75 Å². The number of likely N-dealkylation sites (tertiary alicyclic amines) is 1. The van der Waals surface area contributed by atoms with E-state index >= 15 is 0 Å². The Bertz CT molecular complexity index is 804. The first-order valence-corrected chi connectivity index (χ1v) is 8.48. The zero-order valence-corrected chi connectivity index (χ0v) is 14.8. The largest absolute Gasteiger partial charge is 0.496 e. The summed E-state index contributed by atoms with van der Waals surface area (Å²) in [5, 5.41) is 3.76. The highest BCUT2D eigenvalue weighted by Crippen LogP contribution is 2.32. The van der Waals surface area contributed by atoms with E-state index in [1.807, 2.05) is 24.3 Å². The SMILES string of the molecule is COc1ccccc1CCC(=O)N1CC(C(N)=O)C(c2nc(C)no2)C1. The molecule has 8 heteroatoms. The summed E-state index contributed by atoms with van der Waals surface area (Å²) in [6.45, 7) is 2.32. The Morgan fingerprint density at radius 2 is 2.12 bits per heavy atom. The van der Waals surface area contributed by atoms with Gasteiger partial charge in [0, 0.05) is 19.5 Å². The van der Waals surface area contributed by atoms with Crippen LogP contribution in [0.4, 0.5) is 0 Å². The highest BCUT2D eigenvalue weighted by atomic mass is 16.5. The van der Waals surface area contributed by atoms with E-state index in [2.05, 4.69) is 10.1 Å². The van der Waals surface area contributed by atoms with Gasteiger partial charge in [-0.2, -0.15) is 4.98 Å². The highest BCUT2D eigenvalue weighted by Gasteiger charge is 2.42. The average molecular weight is 358 g/mol. The van der Waals surface area contributed by atoms with Crippen LogP contribution in [0.2, 0.25) is 0 Å². The van der Waals surface area contributed by atoms with Crippen LogP contribution < -0.4 is 10.5 Å². The molecule has 0 spiro atoms. The van der Waals surface area contributed by atoms with Gasteiger partial charge in [-0.05, 0) is 25.0 Å². The van der Waals surface area contributed by atoms with E-state index in [9.17, 15) is 9.59 Å². The predicted octanol–water partition coefficient (Wildman–Crippen LogP) is 1.05. The summed E-state index contributed by atoms with van der Waals surface area (Å²) < 4.78 is 10.5. The minimum atomic E-state index is -0.523.